The van der Waals surface area contributed by atoms with Crippen LogP contribution in [0.15, 0.2) is 0 Å². The predicted molar refractivity (Wildman–Crippen MR) is 99.5 cm³/mol. The summed E-state index contributed by atoms with van der Waals surface area (Å²) in [4.78, 5) is 0. The SMILES string of the molecule is CCCCO[Si](CCCC)(CCC[N+](C)(C)C)OCCCC. The van der Waals surface area contributed by atoms with Crippen LogP contribution in [0.1, 0.15) is 65.7 Å². The van der Waals surface area contributed by atoms with Crippen molar-refractivity contribution >= 4 is 8.56 Å². The largest absolute Gasteiger partial charge is 0.394 e. The zero-order valence-electron chi connectivity index (χ0n) is 16.2. The van der Waals surface area contributed by atoms with E-state index in [2.05, 4.69) is 41.9 Å². The average molecular weight is 333 g/mol. The third-order valence-electron chi connectivity index (χ3n) is 4.02. The molecule has 0 radical (unpaired) electrons. The lowest BCUT2D eigenvalue weighted by molar-refractivity contribution is -0.870. The van der Waals surface area contributed by atoms with Gasteiger partial charge >= 0.3 is 8.56 Å². The maximum atomic E-state index is 6.44. The van der Waals surface area contributed by atoms with E-state index in [0.717, 1.165) is 36.6 Å². The Hall–Kier alpha value is 0.0969. The highest BCUT2D eigenvalue weighted by Gasteiger charge is 2.36. The van der Waals surface area contributed by atoms with Gasteiger partial charge in [0.15, 0.2) is 0 Å². The van der Waals surface area contributed by atoms with Crippen LogP contribution < -0.4 is 0 Å². The van der Waals surface area contributed by atoms with E-state index >= 15 is 0 Å². The van der Waals surface area contributed by atoms with Gasteiger partial charge in [-0.3, -0.25) is 0 Å². The van der Waals surface area contributed by atoms with Crippen molar-refractivity contribution in [1.82, 2.24) is 0 Å². The molecule has 0 aliphatic carbocycles. The van der Waals surface area contributed by atoms with Crippen LogP contribution in [0.25, 0.3) is 0 Å². The monoisotopic (exact) mass is 332 g/mol. The summed E-state index contributed by atoms with van der Waals surface area (Å²) < 4.78 is 13.9. The van der Waals surface area contributed by atoms with Crippen LogP contribution in [-0.2, 0) is 8.85 Å². The lowest BCUT2D eigenvalue weighted by atomic mass is 10.4. The number of quaternary nitrogens is 1. The van der Waals surface area contributed by atoms with Crippen LogP contribution in [0.4, 0.5) is 0 Å². The molecule has 22 heavy (non-hydrogen) atoms. The molecule has 0 atom stereocenters. The van der Waals surface area contributed by atoms with Crippen molar-refractivity contribution in [1.29, 1.82) is 0 Å². The molecule has 4 heteroatoms. The van der Waals surface area contributed by atoms with Gasteiger partial charge in [-0.25, -0.2) is 0 Å². The highest BCUT2D eigenvalue weighted by Crippen LogP contribution is 2.25. The minimum absolute atomic E-state index is 0.892. The van der Waals surface area contributed by atoms with Crippen molar-refractivity contribution in [2.45, 2.75) is 77.8 Å². The van der Waals surface area contributed by atoms with E-state index < -0.39 is 8.56 Å². The van der Waals surface area contributed by atoms with E-state index in [1.165, 1.54) is 44.7 Å². The first-order valence-corrected chi connectivity index (χ1v) is 11.7. The van der Waals surface area contributed by atoms with Crippen molar-refractivity contribution in [3.8, 4) is 0 Å². The third kappa shape index (κ3) is 11.6. The Kier molecular flexibility index (Phi) is 12.6. The summed E-state index contributed by atoms with van der Waals surface area (Å²) in [7, 11) is 4.81. The van der Waals surface area contributed by atoms with E-state index in [-0.39, 0.29) is 0 Å². The lowest BCUT2D eigenvalue weighted by Crippen LogP contribution is -2.44. The van der Waals surface area contributed by atoms with Crippen LogP contribution >= 0.6 is 0 Å². The number of rotatable bonds is 15. The van der Waals surface area contributed by atoms with Crippen LogP contribution in [0, 0.1) is 0 Å². The summed E-state index contributed by atoms with van der Waals surface area (Å²) in [5.74, 6) is 0. The van der Waals surface area contributed by atoms with Crippen LogP contribution in [0.3, 0.4) is 0 Å². The highest BCUT2D eigenvalue weighted by atomic mass is 28.4. The van der Waals surface area contributed by atoms with Gasteiger partial charge in [-0.05, 0) is 31.4 Å². The molecule has 0 aromatic heterocycles. The molecular weight excluding hydrogens is 290 g/mol. The van der Waals surface area contributed by atoms with Crippen molar-refractivity contribution < 1.29 is 13.3 Å². The second-order valence-electron chi connectivity index (χ2n) is 7.54. The maximum Gasteiger partial charge on any atom is 0.338 e. The lowest BCUT2D eigenvalue weighted by Gasteiger charge is -2.32. The van der Waals surface area contributed by atoms with E-state index in [9.17, 15) is 0 Å². The third-order valence-corrected chi connectivity index (χ3v) is 7.72. The van der Waals surface area contributed by atoms with Crippen LogP contribution in [0.2, 0.25) is 12.1 Å². The Morgan fingerprint density at radius 2 is 1.14 bits per heavy atom. The summed E-state index contributed by atoms with van der Waals surface area (Å²) in [6, 6.07) is 2.34. The molecule has 0 spiro atoms. The normalized spacial score (nSPS) is 12.8. The predicted octanol–water partition coefficient (Wildman–Crippen LogP) is 4.96. The Morgan fingerprint density at radius 1 is 0.682 bits per heavy atom. The zero-order valence-corrected chi connectivity index (χ0v) is 17.2. The molecule has 0 aromatic rings. The minimum Gasteiger partial charge on any atom is -0.394 e. The molecule has 0 saturated heterocycles. The smallest absolute Gasteiger partial charge is 0.338 e. The number of hydrogen-bond acceptors (Lipinski definition) is 2. The topological polar surface area (TPSA) is 18.5 Å². The fourth-order valence-electron chi connectivity index (χ4n) is 2.53. The molecule has 0 unspecified atom stereocenters. The second kappa shape index (κ2) is 12.5. The van der Waals surface area contributed by atoms with Gasteiger partial charge in [0.1, 0.15) is 0 Å². The van der Waals surface area contributed by atoms with Gasteiger partial charge in [-0.2, -0.15) is 0 Å². The Morgan fingerprint density at radius 3 is 1.55 bits per heavy atom. The fraction of sp³-hybridized carbons (Fsp3) is 1.00. The Balaban J connectivity index is 4.65. The molecule has 0 heterocycles. The maximum absolute atomic E-state index is 6.44. The van der Waals surface area contributed by atoms with E-state index in [4.69, 9.17) is 8.85 Å². The molecular formula is C18H42NO2Si+. The van der Waals surface area contributed by atoms with Gasteiger partial charge in [-0.1, -0.05) is 46.5 Å². The quantitative estimate of drug-likeness (QED) is 0.240. The Labute approximate surface area is 141 Å². The summed E-state index contributed by atoms with van der Waals surface area (Å²) >= 11 is 0. The number of nitrogens with zero attached hydrogens (tertiary/aromatic N) is 1. The average Bonchev–Trinajstić information content (AvgIpc) is 2.44. The van der Waals surface area contributed by atoms with Crippen LogP contribution in [-0.4, -0.2) is 53.9 Å². The molecule has 134 valence electrons. The van der Waals surface area contributed by atoms with Gasteiger partial charge in [0.05, 0.1) is 27.7 Å². The van der Waals surface area contributed by atoms with Gasteiger partial charge in [0, 0.05) is 13.2 Å². The molecule has 0 N–H and O–H groups in total. The molecule has 0 amide bonds. The molecule has 0 fully saturated rings. The van der Waals surface area contributed by atoms with Gasteiger partial charge in [0.25, 0.3) is 0 Å². The van der Waals surface area contributed by atoms with Crippen molar-refractivity contribution in [3.05, 3.63) is 0 Å². The first-order valence-electron chi connectivity index (χ1n) is 9.47. The van der Waals surface area contributed by atoms with Crippen LogP contribution in [0.5, 0.6) is 0 Å². The Bertz CT molecular complexity index is 244. The molecule has 0 aromatic carbocycles. The second-order valence-corrected chi connectivity index (χ2v) is 10.9. The van der Waals surface area contributed by atoms with E-state index in [0.29, 0.717) is 0 Å². The summed E-state index contributed by atoms with van der Waals surface area (Å²) in [6.07, 6.45) is 8.42. The molecule has 3 nitrogen and oxygen atoms in total. The highest BCUT2D eigenvalue weighted by molar-refractivity contribution is 6.67. The van der Waals surface area contributed by atoms with E-state index in [1.54, 1.807) is 0 Å². The van der Waals surface area contributed by atoms with Gasteiger partial charge in [0.2, 0.25) is 0 Å². The van der Waals surface area contributed by atoms with Crippen molar-refractivity contribution in [2.24, 2.45) is 0 Å². The minimum atomic E-state index is -2.00. The van der Waals surface area contributed by atoms with Gasteiger partial charge in [-0.15, -0.1) is 0 Å². The molecule has 0 rings (SSSR count). The summed E-state index contributed by atoms with van der Waals surface area (Å²) in [6.45, 7) is 9.71. The van der Waals surface area contributed by atoms with Crippen molar-refractivity contribution in [2.75, 3.05) is 40.9 Å². The zero-order chi connectivity index (χ0) is 16.9. The van der Waals surface area contributed by atoms with Crippen molar-refractivity contribution in [3.63, 3.8) is 0 Å². The molecule has 0 aliphatic heterocycles. The summed E-state index contributed by atoms with van der Waals surface area (Å²) in [5.41, 5.74) is 0. The number of unbranched alkanes of at least 4 members (excludes halogenated alkanes) is 3. The molecule has 0 saturated carbocycles. The standard InChI is InChI=1S/C18H42NO2Si/c1-7-10-15-20-22(17-12-9-3,21-16-11-8-2)18-13-14-19(4,5)6/h7-18H2,1-6H3/q+1. The van der Waals surface area contributed by atoms with Gasteiger partial charge < -0.3 is 13.3 Å². The first kappa shape index (κ1) is 22.1. The first-order chi connectivity index (χ1) is 10.4. The van der Waals surface area contributed by atoms with E-state index in [1.807, 2.05) is 0 Å². The summed E-state index contributed by atoms with van der Waals surface area (Å²) in [5, 5.41) is 0. The fourth-order valence-corrected chi connectivity index (χ4v) is 6.06. The molecule has 0 bridgehead atoms. The number of hydrogen-bond donors (Lipinski definition) is 0. The molecule has 0 aliphatic rings.